The summed E-state index contributed by atoms with van der Waals surface area (Å²) < 4.78 is 39.6. The van der Waals surface area contributed by atoms with Gasteiger partial charge in [-0.05, 0) is 44.0 Å². The van der Waals surface area contributed by atoms with Crippen molar-refractivity contribution in [1.82, 2.24) is 5.32 Å². The molecule has 1 aromatic rings. The van der Waals surface area contributed by atoms with Crippen LogP contribution in [0.1, 0.15) is 37.8 Å². The van der Waals surface area contributed by atoms with E-state index in [0.717, 1.165) is 19.4 Å². The summed E-state index contributed by atoms with van der Waals surface area (Å²) in [7, 11) is 0. The van der Waals surface area contributed by atoms with Crippen LogP contribution < -0.4 is 10.2 Å². The largest absolute Gasteiger partial charge is 0.416 e. The van der Waals surface area contributed by atoms with Crippen LogP contribution in [0.2, 0.25) is 0 Å². The van der Waals surface area contributed by atoms with Crippen LogP contribution in [0.4, 0.5) is 18.9 Å². The van der Waals surface area contributed by atoms with Gasteiger partial charge in [-0.1, -0.05) is 13.0 Å². The number of nitrogens with zero attached hydrogens (tertiary/aromatic N) is 1. The number of halogens is 3. The van der Waals surface area contributed by atoms with Gasteiger partial charge in [-0.15, -0.1) is 0 Å². The van der Waals surface area contributed by atoms with Crippen molar-refractivity contribution in [1.29, 1.82) is 0 Å². The molecule has 1 aromatic carbocycles. The lowest BCUT2D eigenvalue weighted by Crippen LogP contribution is -2.27. The number of alkyl halides is 3. The molecule has 1 aliphatic rings. The maximum Gasteiger partial charge on any atom is 0.416 e. The minimum atomic E-state index is -4.30. The van der Waals surface area contributed by atoms with Gasteiger partial charge in [0, 0.05) is 24.8 Å². The summed E-state index contributed by atoms with van der Waals surface area (Å²) in [5, 5.41) is 2.96. The Morgan fingerprint density at radius 1 is 1.35 bits per heavy atom. The highest BCUT2D eigenvalue weighted by Crippen LogP contribution is 2.36. The molecular weight excluding hydrogens is 265 g/mol. The first kappa shape index (κ1) is 15.2. The summed E-state index contributed by atoms with van der Waals surface area (Å²) in [6.07, 6.45) is -2.22. The van der Waals surface area contributed by atoms with E-state index in [0.29, 0.717) is 23.8 Å². The Bertz CT molecular complexity index is 457. The Morgan fingerprint density at radius 2 is 2.10 bits per heavy atom. The van der Waals surface area contributed by atoms with Crippen molar-refractivity contribution in [3.8, 4) is 0 Å². The van der Waals surface area contributed by atoms with Crippen LogP contribution in [-0.4, -0.2) is 19.1 Å². The molecule has 1 N–H and O–H groups in total. The molecule has 2 nitrogen and oxygen atoms in total. The standard InChI is InChI=1S/C15H21F3N2/c1-3-19-10-12-6-7-13(9-14(12)15(16,17)18)20-8-4-5-11(20)2/h6-7,9,11,19H,3-5,8,10H2,1-2H3. The molecule has 5 heteroatoms. The quantitative estimate of drug-likeness (QED) is 0.905. The Morgan fingerprint density at radius 3 is 2.65 bits per heavy atom. The number of benzene rings is 1. The maximum absolute atomic E-state index is 13.2. The molecule has 1 fully saturated rings. The lowest BCUT2D eigenvalue weighted by atomic mass is 10.0. The molecule has 112 valence electrons. The molecular formula is C15H21F3N2. The topological polar surface area (TPSA) is 15.3 Å². The van der Waals surface area contributed by atoms with E-state index in [1.54, 1.807) is 6.07 Å². The van der Waals surface area contributed by atoms with Crippen molar-refractivity contribution in [2.75, 3.05) is 18.0 Å². The fourth-order valence-electron chi connectivity index (χ4n) is 2.74. The third-order valence-corrected chi connectivity index (χ3v) is 3.85. The van der Waals surface area contributed by atoms with E-state index in [2.05, 4.69) is 17.1 Å². The second-order valence-electron chi connectivity index (χ2n) is 5.30. The van der Waals surface area contributed by atoms with Crippen LogP contribution in [-0.2, 0) is 12.7 Å². The Hall–Kier alpha value is -1.23. The smallest absolute Gasteiger partial charge is 0.369 e. The molecule has 0 aliphatic carbocycles. The van der Waals surface area contributed by atoms with Crippen molar-refractivity contribution in [2.24, 2.45) is 0 Å². The first-order chi connectivity index (χ1) is 9.43. The Kier molecular flexibility index (Phi) is 4.58. The van der Waals surface area contributed by atoms with E-state index >= 15 is 0 Å². The van der Waals surface area contributed by atoms with E-state index in [-0.39, 0.29) is 6.54 Å². The minimum absolute atomic E-state index is 0.251. The molecule has 1 aliphatic heterocycles. The van der Waals surface area contributed by atoms with Gasteiger partial charge in [0.15, 0.2) is 0 Å². The van der Waals surface area contributed by atoms with Crippen LogP contribution in [0.15, 0.2) is 18.2 Å². The van der Waals surface area contributed by atoms with E-state index < -0.39 is 11.7 Å². The number of hydrogen-bond donors (Lipinski definition) is 1. The third kappa shape index (κ3) is 3.26. The van der Waals surface area contributed by atoms with Crippen molar-refractivity contribution in [3.05, 3.63) is 29.3 Å². The van der Waals surface area contributed by atoms with Gasteiger partial charge in [-0.2, -0.15) is 13.2 Å². The van der Waals surface area contributed by atoms with Crippen molar-refractivity contribution in [2.45, 2.75) is 45.5 Å². The van der Waals surface area contributed by atoms with Gasteiger partial charge < -0.3 is 10.2 Å². The maximum atomic E-state index is 13.2. The predicted octanol–water partition coefficient (Wildman–Crippen LogP) is 3.80. The monoisotopic (exact) mass is 286 g/mol. The molecule has 0 bridgehead atoms. The molecule has 1 unspecified atom stereocenters. The molecule has 20 heavy (non-hydrogen) atoms. The summed E-state index contributed by atoms with van der Waals surface area (Å²) in [6, 6.07) is 5.03. The highest BCUT2D eigenvalue weighted by molar-refractivity contribution is 5.53. The second-order valence-corrected chi connectivity index (χ2v) is 5.30. The van der Waals surface area contributed by atoms with Gasteiger partial charge in [-0.25, -0.2) is 0 Å². The molecule has 1 saturated heterocycles. The van der Waals surface area contributed by atoms with E-state index in [1.165, 1.54) is 6.07 Å². The van der Waals surface area contributed by atoms with Crippen LogP contribution in [0.3, 0.4) is 0 Å². The van der Waals surface area contributed by atoms with E-state index in [1.807, 2.05) is 13.0 Å². The van der Waals surface area contributed by atoms with Gasteiger partial charge in [0.1, 0.15) is 0 Å². The van der Waals surface area contributed by atoms with Gasteiger partial charge in [0.2, 0.25) is 0 Å². The lowest BCUT2D eigenvalue weighted by molar-refractivity contribution is -0.138. The fourth-order valence-corrected chi connectivity index (χ4v) is 2.74. The van der Waals surface area contributed by atoms with Crippen LogP contribution in [0.5, 0.6) is 0 Å². The molecule has 0 saturated carbocycles. The number of anilines is 1. The average molecular weight is 286 g/mol. The predicted molar refractivity (Wildman–Crippen MR) is 74.9 cm³/mol. The van der Waals surface area contributed by atoms with Crippen molar-refractivity contribution < 1.29 is 13.2 Å². The van der Waals surface area contributed by atoms with Gasteiger partial charge in [0.25, 0.3) is 0 Å². The second kappa shape index (κ2) is 6.04. The molecule has 2 rings (SSSR count). The van der Waals surface area contributed by atoms with E-state index in [9.17, 15) is 13.2 Å². The molecule has 0 amide bonds. The first-order valence-electron chi connectivity index (χ1n) is 7.11. The molecule has 1 heterocycles. The lowest BCUT2D eigenvalue weighted by Gasteiger charge is -2.25. The normalized spacial score (nSPS) is 19.6. The Labute approximate surface area is 118 Å². The van der Waals surface area contributed by atoms with Crippen LogP contribution in [0.25, 0.3) is 0 Å². The Balaban J connectivity index is 2.33. The molecule has 1 atom stereocenters. The molecule has 0 spiro atoms. The number of rotatable bonds is 4. The summed E-state index contributed by atoms with van der Waals surface area (Å²) >= 11 is 0. The minimum Gasteiger partial charge on any atom is -0.369 e. The summed E-state index contributed by atoms with van der Waals surface area (Å²) in [5.41, 5.74) is 0.479. The van der Waals surface area contributed by atoms with Crippen molar-refractivity contribution in [3.63, 3.8) is 0 Å². The SMILES string of the molecule is CCNCc1ccc(N2CCCC2C)cc1C(F)(F)F. The number of hydrogen-bond acceptors (Lipinski definition) is 2. The zero-order valence-corrected chi connectivity index (χ0v) is 11.9. The molecule has 0 aromatic heterocycles. The fraction of sp³-hybridized carbons (Fsp3) is 0.600. The average Bonchev–Trinajstić information content (AvgIpc) is 2.81. The van der Waals surface area contributed by atoms with Gasteiger partial charge in [-0.3, -0.25) is 0 Å². The third-order valence-electron chi connectivity index (χ3n) is 3.85. The molecule has 0 radical (unpaired) electrons. The summed E-state index contributed by atoms with van der Waals surface area (Å²) in [4.78, 5) is 2.06. The summed E-state index contributed by atoms with van der Waals surface area (Å²) in [6.45, 7) is 5.69. The summed E-state index contributed by atoms with van der Waals surface area (Å²) in [5.74, 6) is 0. The van der Waals surface area contributed by atoms with Crippen molar-refractivity contribution >= 4 is 5.69 Å². The highest BCUT2D eigenvalue weighted by atomic mass is 19.4. The van der Waals surface area contributed by atoms with Crippen LogP contribution >= 0.6 is 0 Å². The van der Waals surface area contributed by atoms with Crippen LogP contribution in [0, 0.1) is 0 Å². The zero-order valence-electron chi connectivity index (χ0n) is 11.9. The van der Waals surface area contributed by atoms with E-state index in [4.69, 9.17) is 0 Å². The zero-order chi connectivity index (χ0) is 14.8. The van der Waals surface area contributed by atoms with Gasteiger partial charge in [0.05, 0.1) is 5.56 Å². The van der Waals surface area contributed by atoms with Gasteiger partial charge >= 0.3 is 6.18 Å². The highest BCUT2D eigenvalue weighted by Gasteiger charge is 2.34. The number of nitrogens with one attached hydrogen (secondary N) is 1. The first-order valence-corrected chi connectivity index (χ1v) is 7.11.